The number of nitrogens with zero attached hydrogens (tertiary/aromatic N) is 2. The van der Waals surface area contributed by atoms with Gasteiger partial charge in [0.2, 0.25) is 0 Å². The minimum Gasteiger partial charge on any atom is -0.314 e. The monoisotopic (exact) mass is 289 g/mol. The summed E-state index contributed by atoms with van der Waals surface area (Å²) < 4.78 is 0. The zero-order chi connectivity index (χ0) is 11.2. The highest BCUT2D eigenvalue weighted by Gasteiger charge is 2.20. The van der Waals surface area contributed by atoms with E-state index in [1.165, 1.54) is 5.56 Å². The van der Waals surface area contributed by atoms with Gasteiger partial charge in [-0.15, -0.1) is 31.4 Å². The van der Waals surface area contributed by atoms with Gasteiger partial charge in [-0.3, -0.25) is 9.88 Å². The number of rotatable bonds is 4. The first-order valence-electron chi connectivity index (χ1n) is 5.87. The van der Waals surface area contributed by atoms with Crippen LogP contribution in [0.15, 0.2) is 37.2 Å². The summed E-state index contributed by atoms with van der Waals surface area (Å²) in [4.78, 5) is 6.60. The highest BCUT2D eigenvalue weighted by Crippen LogP contribution is 2.24. The summed E-state index contributed by atoms with van der Waals surface area (Å²) >= 11 is 0. The van der Waals surface area contributed by atoms with Gasteiger partial charge in [0, 0.05) is 44.6 Å². The summed E-state index contributed by atoms with van der Waals surface area (Å²) in [5.41, 5.74) is 1.34. The average molecular weight is 290 g/mol. The summed E-state index contributed by atoms with van der Waals surface area (Å²) in [6, 6.07) is 4.68. The Hall–Kier alpha value is -0.610. The molecule has 5 heteroatoms. The van der Waals surface area contributed by atoms with Crippen LogP contribution >= 0.6 is 24.8 Å². The van der Waals surface area contributed by atoms with Crippen molar-refractivity contribution in [3.63, 3.8) is 0 Å². The highest BCUT2D eigenvalue weighted by molar-refractivity contribution is 5.85. The Morgan fingerprint density at radius 3 is 2.44 bits per heavy atom. The fraction of sp³-hybridized carbons (Fsp3) is 0.462. The fourth-order valence-electron chi connectivity index (χ4n) is 2.23. The van der Waals surface area contributed by atoms with E-state index in [0.717, 1.165) is 32.6 Å². The number of hydrogen-bond acceptors (Lipinski definition) is 3. The molecule has 2 rings (SSSR count). The van der Waals surface area contributed by atoms with Gasteiger partial charge in [-0.25, -0.2) is 0 Å². The maximum atomic E-state index is 4.08. The molecule has 18 heavy (non-hydrogen) atoms. The van der Waals surface area contributed by atoms with Crippen molar-refractivity contribution in [3.8, 4) is 0 Å². The Bertz CT molecular complexity index is 326. The molecule has 1 fully saturated rings. The quantitative estimate of drug-likeness (QED) is 0.863. The number of halogens is 2. The van der Waals surface area contributed by atoms with Crippen LogP contribution in [0.2, 0.25) is 0 Å². The molecule has 1 N–H and O–H groups in total. The Morgan fingerprint density at radius 2 is 1.89 bits per heavy atom. The van der Waals surface area contributed by atoms with Crippen LogP contribution in [-0.2, 0) is 0 Å². The van der Waals surface area contributed by atoms with Crippen LogP contribution in [0.4, 0.5) is 0 Å². The fourth-order valence-corrected chi connectivity index (χ4v) is 2.23. The van der Waals surface area contributed by atoms with Gasteiger partial charge in [0.05, 0.1) is 0 Å². The molecular formula is C13H21Cl2N3. The van der Waals surface area contributed by atoms with Crippen molar-refractivity contribution < 1.29 is 0 Å². The molecule has 0 aromatic carbocycles. The van der Waals surface area contributed by atoms with E-state index in [-0.39, 0.29) is 24.8 Å². The molecule has 1 aliphatic heterocycles. The maximum Gasteiger partial charge on any atom is 0.0384 e. The summed E-state index contributed by atoms with van der Waals surface area (Å²) in [5.74, 6) is 0. The molecule has 0 bridgehead atoms. The number of piperazine rings is 1. The van der Waals surface area contributed by atoms with Gasteiger partial charge in [-0.1, -0.05) is 6.08 Å². The maximum absolute atomic E-state index is 4.08. The predicted octanol–water partition coefficient (Wildman–Crippen LogP) is 2.45. The van der Waals surface area contributed by atoms with Gasteiger partial charge >= 0.3 is 0 Å². The normalized spacial score (nSPS) is 17.1. The first kappa shape index (κ1) is 17.4. The predicted molar refractivity (Wildman–Crippen MR) is 80.7 cm³/mol. The van der Waals surface area contributed by atoms with Crippen LogP contribution in [0.3, 0.4) is 0 Å². The SMILES string of the molecule is C=CC[C@H](c1ccncc1)N1CCNCC1.Cl.Cl. The van der Waals surface area contributed by atoms with Crippen molar-refractivity contribution in [3.05, 3.63) is 42.7 Å². The third-order valence-electron chi connectivity index (χ3n) is 3.07. The minimum absolute atomic E-state index is 0. The van der Waals surface area contributed by atoms with E-state index >= 15 is 0 Å². The van der Waals surface area contributed by atoms with Crippen molar-refractivity contribution in [2.75, 3.05) is 26.2 Å². The number of aromatic nitrogens is 1. The van der Waals surface area contributed by atoms with Crippen LogP contribution < -0.4 is 5.32 Å². The van der Waals surface area contributed by atoms with E-state index in [1.54, 1.807) is 0 Å². The van der Waals surface area contributed by atoms with E-state index < -0.39 is 0 Å². The lowest BCUT2D eigenvalue weighted by atomic mass is 10.0. The van der Waals surface area contributed by atoms with Crippen molar-refractivity contribution in [2.45, 2.75) is 12.5 Å². The first-order chi connectivity index (χ1) is 7.92. The van der Waals surface area contributed by atoms with Gasteiger partial charge in [-0.05, 0) is 24.1 Å². The second-order valence-electron chi connectivity index (χ2n) is 4.11. The van der Waals surface area contributed by atoms with Crippen LogP contribution in [-0.4, -0.2) is 36.1 Å². The highest BCUT2D eigenvalue weighted by atomic mass is 35.5. The summed E-state index contributed by atoms with van der Waals surface area (Å²) in [5, 5.41) is 3.38. The Kier molecular flexibility index (Phi) is 9.02. The molecule has 1 aliphatic rings. The van der Waals surface area contributed by atoms with Gasteiger partial charge < -0.3 is 5.32 Å². The van der Waals surface area contributed by atoms with Crippen molar-refractivity contribution in [1.29, 1.82) is 0 Å². The molecule has 0 spiro atoms. The lowest BCUT2D eigenvalue weighted by Gasteiger charge is -2.34. The molecule has 0 aliphatic carbocycles. The summed E-state index contributed by atoms with van der Waals surface area (Å²) in [7, 11) is 0. The molecule has 1 aromatic rings. The average Bonchev–Trinajstić information content (AvgIpc) is 2.38. The number of nitrogens with one attached hydrogen (secondary N) is 1. The van der Waals surface area contributed by atoms with E-state index in [0.29, 0.717) is 6.04 Å². The summed E-state index contributed by atoms with van der Waals surface area (Å²) in [6.45, 7) is 8.25. The lowest BCUT2D eigenvalue weighted by Crippen LogP contribution is -2.45. The van der Waals surface area contributed by atoms with Crippen molar-refractivity contribution in [1.82, 2.24) is 15.2 Å². The molecular weight excluding hydrogens is 269 g/mol. The zero-order valence-electron chi connectivity index (χ0n) is 10.4. The largest absolute Gasteiger partial charge is 0.314 e. The van der Waals surface area contributed by atoms with Gasteiger partial charge in [0.1, 0.15) is 0 Å². The molecule has 102 valence electrons. The summed E-state index contributed by atoms with van der Waals surface area (Å²) in [6.07, 6.45) is 6.75. The lowest BCUT2D eigenvalue weighted by molar-refractivity contribution is 0.174. The van der Waals surface area contributed by atoms with Crippen LogP contribution in [0.1, 0.15) is 18.0 Å². The molecule has 0 saturated carbocycles. The van der Waals surface area contributed by atoms with Crippen molar-refractivity contribution >= 4 is 24.8 Å². The smallest absolute Gasteiger partial charge is 0.0384 e. The van der Waals surface area contributed by atoms with Gasteiger partial charge in [0.15, 0.2) is 0 Å². The van der Waals surface area contributed by atoms with Crippen molar-refractivity contribution in [2.24, 2.45) is 0 Å². The Balaban J connectivity index is 0.00000144. The minimum atomic E-state index is 0. The molecule has 2 heterocycles. The molecule has 1 atom stereocenters. The van der Waals surface area contributed by atoms with E-state index in [2.05, 4.69) is 33.9 Å². The topological polar surface area (TPSA) is 28.2 Å². The third-order valence-corrected chi connectivity index (χ3v) is 3.07. The molecule has 0 unspecified atom stereocenters. The van der Waals surface area contributed by atoms with Crippen LogP contribution in [0.25, 0.3) is 0 Å². The van der Waals surface area contributed by atoms with E-state index in [9.17, 15) is 0 Å². The Morgan fingerprint density at radius 1 is 1.28 bits per heavy atom. The number of pyridine rings is 1. The van der Waals surface area contributed by atoms with Crippen LogP contribution in [0.5, 0.6) is 0 Å². The molecule has 1 saturated heterocycles. The standard InChI is InChI=1S/C13H19N3.2ClH/c1-2-3-13(12-4-6-14-7-5-12)16-10-8-15-9-11-16;;/h2,4-7,13,15H,1,3,8-11H2;2*1H/t13-;;/m1../s1. The second kappa shape index (κ2) is 9.34. The zero-order valence-corrected chi connectivity index (χ0v) is 12.1. The van der Waals surface area contributed by atoms with Gasteiger partial charge in [0.25, 0.3) is 0 Å². The Labute approximate surface area is 121 Å². The third kappa shape index (κ3) is 4.58. The number of hydrogen-bond donors (Lipinski definition) is 1. The first-order valence-corrected chi connectivity index (χ1v) is 5.87. The molecule has 0 radical (unpaired) electrons. The second-order valence-corrected chi connectivity index (χ2v) is 4.11. The molecule has 3 nitrogen and oxygen atoms in total. The van der Waals surface area contributed by atoms with Gasteiger partial charge in [-0.2, -0.15) is 0 Å². The molecule has 1 aromatic heterocycles. The van der Waals surface area contributed by atoms with E-state index in [4.69, 9.17) is 0 Å². The molecule has 0 amide bonds. The van der Waals surface area contributed by atoms with E-state index in [1.807, 2.05) is 18.5 Å². The van der Waals surface area contributed by atoms with Crippen LogP contribution in [0, 0.1) is 0 Å².